The molecule has 92 valence electrons. The highest BCUT2D eigenvalue weighted by atomic mass is 35.5. The molecule has 0 radical (unpaired) electrons. The standard InChI is InChI=1S/C9H14N2O2S2.ClH/c10-8-3-1-5-11(7-8)15(12,13)9-4-2-6-14-9;/h2,4,6,8H,1,3,5,7,10H2;1H/t8-;/m0./s1. The average Bonchev–Trinajstić information content (AvgIpc) is 2.71. The van der Waals surface area contributed by atoms with Crippen LogP contribution in [-0.4, -0.2) is 31.9 Å². The third-order valence-electron chi connectivity index (χ3n) is 2.51. The highest BCUT2D eigenvalue weighted by Crippen LogP contribution is 2.23. The molecular formula is C9H15ClN2O2S2. The van der Waals surface area contributed by atoms with Gasteiger partial charge in [-0.05, 0) is 24.3 Å². The van der Waals surface area contributed by atoms with Crippen LogP contribution in [0.1, 0.15) is 12.8 Å². The van der Waals surface area contributed by atoms with E-state index in [4.69, 9.17) is 5.73 Å². The normalized spacial score (nSPS) is 22.7. The molecule has 1 aromatic heterocycles. The average molecular weight is 283 g/mol. The summed E-state index contributed by atoms with van der Waals surface area (Å²) in [5.74, 6) is 0. The Morgan fingerprint density at radius 2 is 2.25 bits per heavy atom. The summed E-state index contributed by atoms with van der Waals surface area (Å²) in [5.41, 5.74) is 5.77. The minimum atomic E-state index is -3.28. The molecule has 1 aliphatic rings. The molecule has 4 nitrogen and oxygen atoms in total. The SMILES string of the molecule is Cl.N[C@H]1CCCN(S(=O)(=O)c2cccs2)C1. The van der Waals surface area contributed by atoms with E-state index in [0.717, 1.165) is 12.8 Å². The first-order valence-electron chi connectivity index (χ1n) is 4.90. The molecule has 0 amide bonds. The predicted molar refractivity (Wildman–Crippen MR) is 67.5 cm³/mol. The summed E-state index contributed by atoms with van der Waals surface area (Å²) in [5, 5.41) is 1.77. The summed E-state index contributed by atoms with van der Waals surface area (Å²) in [6, 6.07) is 3.37. The summed E-state index contributed by atoms with van der Waals surface area (Å²) in [6.45, 7) is 1.04. The van der Waals surface area contributed by atoms with Gasteiger partial charge in [0.1, 0.15) is 4.21 Å². The van der Waals surface area contributed by atoms with Gasteiger partial charge in [-0.25, -0.2) is 8.42 Å². The van der Waals surface area contributed by atoms with Crippen LogP contribution in [0.5, 0.6) is 0 Å². The Morgan fingerprint density at radius 3 is 2.81 bits per heavy atom. The van der Waals surface area contributed by atoms with Crippen molar-refractivity contribution in [2.75, 3.05) is 13.1 Å². The molecule has 1 aliphatic heterocycles. The number of hydrogen-bond acceptors (Lipinski definition) is 4. The number of nitrogens with two attached hydrogens (primary N) is 1. The van der Waals surface area contributed by atoms with Gasteiger partial charge in [0.2, 0.25) is 0 Å². The van der Waals surface area contributed by atoms with Crippen molar-refractivity contribution >= 4 is 33.8 Å². The van der Waals surface area contributed by atoms with E-state index < -0.39 is 10.0 Å². The molecule has 0 aliphatic carbocycles. The zero-order valence-electron chi connectivity index (χ0n) is 8.70. The largest absolute Gasteiger partial charge is 0.327 e. The smallest absolute Gasteiger partial charge is 0.252 e. The lowest BCUT2D eigenvalue weighted by Crippen LogP contribution is -2.45. The Morgan fingerprint density at radius 1 is 1.50 bits per heavy atom. The monoisotopic (exact) mass is 282 g/mol. The van der Waals surface area contributed by atoms with Gasteiger partial charge >= 0.3 is 0 Å². The lowest BCUT2D eigenvalue weighted by molar-refractivity contribution is 0.316. The maximum atomic E-state index is 12.1. The summed E-state index contributed by atoms with van der Waals surface area (Å²) >= 11 is 1.25. The van der Waals surface area contributed by atoms with Gasteiger partial charge in [-0.15, -0.1) is 23.7 Å². The number of halogens is 1. The van der Waals surface area contributed by atoms with Crippen LogP contribution in [0.2, 0.25) is 0 Å². The first kappa shape index (κ1) is 13.9. The van der Waals surface area contributed by atoms with Gasteiger partial charge in [-0.2, -0.15) is 4.31 Å². The zero-order valence-corrected chi connectivity index (χ0v) is 11.2. The molecular weight excluding hydrogens is 268 g/mol. The van der Waals surface area contributed by atoms with E-state index in [2.05, 4.69) is 0 Å². The molecule has 0 unspecified atom stereocenters. The van der Waals surface area contributed by atoms with Crippen molar-refractivity contribution in [2.45, 2.75) is 23.1 Å². The minimum absolute atomic E-state index is 0. The lowest BCUT2D eigenvalue weighted by atomic mass is 10.1. The van der Waals surface area contributed by atoms with Crippen molar-refractivity contribution in [3.63, 3.8) is 0 Å². The van der Waals surface area contributed by atoms with Crippen LogP contribution in [-0.2, 0) is 10.0 Å². The third kappa shape index (κ3) is 2.75. The van der Waals surface area contributed by atoms with Gasteiger partial charge in [0.15, 0.2) is 0 Å². The van der Waals surface area contributed by atoms with Crippen LogP contribution in [0.4, 0.5) is 0 Å². The zero-order chi connectivity index (χ0) is 10.9. The van der Waals surface area contributed by atoms with Crippen LogP contribution < -0.4 is 5.73 Å². The van der Waals surface area contributed by atoms with Gasteiger partial charge in [0, 0.05) is 19.1 Å². The van der Waals surface area contributed by atoms with Gasteiger partial charge in [0.05, 0.1) is 0 Å². The molecule has 0 bridgehead atoms. The molecule has 2 heterocycles. The number of piperidine rings is 1. The van der Waals surface area contributed by atoms with Crippen LogP contribution in [0.15, 0.2) is 21.7 Å². The van der Waals surface area contributed by atoms with E-state index in [-0.39, 0.29) is 18.4 Å². The highest BCUT2D eigenvalue weighted by molar-refractivity contribution is 7.91. The maximum absolute atomic E-state index is 12.1. The molecule has 16 heavy (non-hydrogen) atoms. The quantitative estimate of drug-likeness (QED) is 0.889. The van der Waals surface area contributed by atoms with Crippen molar-refractivity contribution in [3.05, 3.63) is 17.5 Å². The number of thiophene rings is 1. The van der Waals surface area contributed by atoms with Gasteiger partial charge < -0.3 is 5.73 Å². The van der Waals surface area contributed by atoms with Crippen molar-refractivity contribution < 1.29 is 8.42 Å². The third-order valence-corrected chi connectivity index (χ3v) is 5.75. The Kier molecular flexibility index (Phi) is 4.75. The highest BCUT2D eigenvalue weighted by Gasteiger charge is 2.29. The van der Waals surface area contributed by atoms with Crippen LogP contribution in [0.3, 0.4) is 0 Å². The van der Waals surface area contributed by atoms with E-state index in [9.17, 15) is 8.42 Å². The molecule has 0 spiro atoms. The number of sulfonamides is 1. The fourth-order valence-electron chi connectivity index (χ4n) is 1.73. The Balaban J connectivity index is 0.00000128. The number of rotatable bonds is 2. The second kappa shape index (κ2) is 5.46. The first-order valence-corrected chi connectivity index (χ1v) is 7.22. The van der Waals surface area contributed by atoms with Crippen molar-refractivity contribution in [2.24, 2.45) is 5.73 Å². The fraction of sp³-hybridized carbons (Fsp3) is 0.556. The minimum Gasteiger partial charge on any atom is -0.327 e. The van der Waals surface area contributed by atoms with E-state index in [0.29, 0.717) is 17.3 Å². The Labute approximate surface area is 106 Å². The fourth-order valence-corrected chi connectivity index (χ4v) is 4.41. The molecule has 7 heteroatoms. The number of nitrogens with zero attached hydrogens (tertiary/aromatic N) is 1. The molecule has 0 saturated carbocycles. The predicted octanol–water partition coefficient (Wildman–Crippen LogP) is 1.28. The second-order valence-electron chi connectivity index (χ2n) is 3.70. The molecule has 1 atom stereocenters. The van der Waals surface area contributed by atoms with Gasteiger partial charge in [-0.3, -0.25) is 0 Å². The van der Waals surface area contributed by atoms with Crippen molar-refractivity contribution in [3.8, 4) is 0 Å². The van der Waals surface area contributed by atoms with Crippen LogP contribution >= 0.6 is 23.7 Å². The van der Waals surface area contributed by atoms with Gasteiger partial charge in [-0.1, -0.05) is 6.07 Å². The molecule has 1 aromatic rings. The summed E-state index contributed by atoms with van der Waals surface area (Å²) in [4.78, 5) is 0. The van der Waals surface area contributed by atoms with Crippen molar-refractivity contribution in [1.82, 2.24) is 4.31 Å². The Bertz CT molecular complexity index is 419. The summed E-state index contributed by atoms with van der Waals surface area (Å²) < 4.78 is 26.1. The number of hydrogen-bond donors (Lipinski definition) is 1. The second-order valence-corrected chi connectivity index (χ2v) is 6.81. The summed E-state index contributed by atoms with van der Waals surface area (Å²) in [6.07, 6.45) is 1.77. The van der Waals surface area contributed by atoms with E-state index >= 15 is 0 Å². The molecule has 1 fully saturated rings. The van der Waals surface area contributed by atoms with Crippen LogP contribution in [0.25, 0.3) is 0 Å². The molecule has 1 saturated heterocycles. The van der Waals surface area contributed by atoms with E-state index in [1.807, 2.05) is 0 Å². The topological polar surface area (TPSA) is 63.4 Å². The lowest BCUT2D eigenvalue weighted by Gasteiger charge is -2.29. The van der Waals surface area contributed by atoms with Gasteiger partial charge in [0.25, 0.3) is 10.0 Å². The Hall–Kier alpha value is -0.140. The summed E-state index contributed by atoms with van der Waals surface area (Å²) in [7, 11) is -3.28. The first-order chi connectivity index (χ1) is 7.10. The maximum Gasteiger partial charge on any atom is 0.252 e. The molecule has 2 rings (SSSR count). The molecule has 2 N–H and O–H groups in total. The van der Waals surface area contributed by atoms with E-state index in [1.54, 1.807) is 17.5 Å². The van der Waals surface area contributed by atoms with Crippen molar-refractivity contribution in [1.29, 1.82) is 0 Å². The van der Waals surface area contributed by atoms with E-state index in [1.165, 1.54) is 15.6 Å². The van der Waals surface area contributed by atoms with Crippen LogP contribution in [0, 0.1) is 0 Å². The molecule has 0 aromatic carbocycles.